The number of nitrogens with two attached hydrogens (primary N) is 1. The number of methoxy groups -OCH3 is 1. The first kappa shape index (κ1) is 17.9. The summed E-state index contributed by atoms with van der Waals surface area (Å²) >= 11 is 0. The molecular formula is C15H22ClFN2O2. The minimum absolute atomic E-state index is 0. The molecule has 1 amide bonds. The van der Waals surface area contributed by atoms with Gasteiger partial charge in [-0.05, 0) is 31.9 Å². The lowest BCUT2D eigenvalue weighted by Gasteiger charge is -2.38. The van der Waals surface area contributed by atoms with E-state index in [1.165, 1.54) is 6.07 Å². The van der Waals surface area contributed by atoms with Crippen LogP contribution >= 0.6 is 12.4 Å². The van der Waals surface area contributed by atoms with E-state index in [9.17, 15) is 9.18 Å². The number of aryl methyl sites for hydroxylation is 1. The van der Waals surface area contributed by atoms with Crippen LogP contribution in [0.25, 0.3) is 0 Å². The maximum atomic E-state index is 13.8. The molecule has 0 aliphatic carbocycles. The molecule has 1 saturated heterocycles. The lowest BCUT2D eigenvalue weighted by Crippen LogP contribution is -2.51. The van der Waals surface area contributed by atoms with E-state index in [1.54, 1.807) is 24.1 Å². The number of rotatable bonds is 3. The monoisotopic (exact) mass is 316 g/mol. The second-order valence-corrected chi connectivity index (χ2v) is 5.25. The fourth-order valence-corrected chi connectivity index (χ4v) is 2.68. The van der Waals surface area contributed by atoms with Gasteiger partial charge < -0.3 is 15.4 Å². The standard InChI is InChI=1S/C15H21FN2O2.ClH/c1-10-3-4-14(16)13(7-10)15(19)18-6-5-12(20-2)8-11(18)9-17;/h3-4,7,11-12H,5-6,8-9,17H2,1-2H3;1H. The Morgan fingerprint density at radius 3 is 2.86 bits per heavy atom. The molecule has 118 valence electrons. The molecule has 0 spiro atoms. The fourth-order valence-electron chi connectivity index (χ4n) is 2.68. The van der Waals surface area contributed by atoms with Crippen LogP contribution in [0.5, 0.6) is 0 Å². The van der Waals surface area contributed by atoms with Gasteiger partial charge in [0.2, 0.25) is 0 Å². The normalized spacial score (nSPS) is 21.8. The first-order valence-corrected chi connectivity index (χ1v) is 6.86. The molecule has 0 saturated carbocycles. The molecule has 1 aliphatic rings. The molecule has 2 atom stereocenters. The molecule has 6 heteroatoms. The molecule has 21 heavy (non-hydrogen) atoms. The zero-order chi connectivity index (χ0) is 14.7. The highest BCUT2D eigenvalue weighted by Gasteiger charge is 2.32. The quantitative estimate of drug-likeness (QED) is 0.929. The number of halogens is 2. The smallest absolute Gasteiger partial charge is 0.257 e. The minimum atomic E-state index is -0.481. The van der Waals surface area contributed by atoms with Crippen molar-refractivity contribution in [3.05, 3.63) is 35.1 Å². The van der Waals surface area contributed by atoms with E-state index in [0.717, 1.165) is 12.0 Å². The maximum Gasteiger partial charge on any atom is 0.257 e. The van der Waals surface area contributed by atoms with Gasteiger partial charge in [-0.25, -0.2) is 4.39 Å². The number of carbonyl (C=O) groups is 1. The van der Waals surface area contributed by atoms with Crippen molar-refractivity contribution >= 4 is 18.3 Å². The largest absolute Gasteiger partial charge is 0.381 e. The van der Waals surface area contributed by atoms with Crippen LogP contribution in [0.3, 0.4) is 0 Å². The SMILES string of the molecule is COC1CCN(C(=O)c2cc(C)ccc2F)C(CN)C1.Cl. The predicted molar refractivity (Wildman–Crippen MR) is 82.3 cm³/mol. The van der Waals surface area contributed by atoms with Crippen molar-refractivity contribution in [1.29, 1.82) is 0 Å². The summed E-state index contributed by atoms with van der Waals surface area (Å²) in [5.41, 5.74) is 6.74. The van der Waals surface area contributed by atoms with Crippen molar-refractivity contribution < 1.29 is 13.9 Å². The molecule has 1 aromatic carbocycles. The van der Waals surface area contributed by atoms with Crippen molar-refractivity contribution in [1.82, 2.24) is 4.90 Å². The van der Waals surface area contributed by atoms with Crippen LogP contribution in [-0.2, 0) is 4.74 Å². The molecule has 1 fully saturated rings. The molecule has 1 aliphatic heterocycles. The van der Waals surface area contributed by atoms with Gasteiger partial charge in [0.15, 0.2) is 0 Å². The summed E-state index contributed by atoms with van der Waals surface area (Å²) in [5, 5.41) is 0. The number of hydrogen-bond donors (Lipinski definition) is 1. The van der Waals surface area contributed by atoms with E-state index >= 15 is 0 Å². The molecule has 2 rings (SSSR count). The summed E-state index contributed by atoms with van der Waals surface area (Å²) in [6.45, 7) is 2.75. The predicted octanol–water partition coefficient (Wildman–Crippen LogP) is 2.13. The number of ether oxygens (including phenoxy) is 1. The first-order valence-electron chi connectivity index (χ1n) is 6.86. The zero-order valence-corrected chi connectivity index (χ0v) is 13.2. The first-order chi connectivity index (χ1) is 9.56. The summed E-state index contributed by atoms with van der Waals surface area (Å²) in [5.74, 6) is -0.763. The lowest BCUT2D eigenvalue weighted by atomic mass is 9.97. The Kier molecular flexibility index (Phi) is 6.58. The number of amides is 1. The number of carbonyl (C=O) groups excluding carboxylic acids is 1. The van der Waals surface area contributed by atoms with Crippen molar-refractivity contribution in [2.45, 2.75) is 31.9 Å². The van der Waals surface area contributed by atoms with E-state index in [1.807, 2.05) is 6.92 Å². The van der Waals surface area contributed by atoms with Crippen LogP contribution in [0.2, 0.25) is 0 Å². The van der Waals surface area contributed by atoms with Gasteiger partial charge in [-0.1, -0.05) is 11.6 Å². The van der Waals surface area contributed by atoms with E-state index < -0.39 is 5.82 Å². The van der Waals surface area contributed by atoms with Crippen molar-refractivity contribution in [3.63, 3.8) is 0 Å². The Hall–Kier alpha value is -1.17. The van der Waals surface area contributed by atoms with Gasteiger partial charge in [-0.15, -0.1) is 12.4 Å². The van der Waals surface area contributed by atoms with Gasteiger partial charge >= 0.3 is 0 Å². The van der Waals surface area contributed by atoms with Crippen LogP contribution in [0, 0.1) is 12.7 Å². The topological polar surface area (TPSA) is 55.6 Å². The van der Waals surface area contributed by atoms with Crippen molar-refractivity contribution in [2.75, 3.05) is 20.2 Å². The lowest BCUT2D eigenvalue weighted by molar-refractivity contribution is 0.0137. The van der Waals surface area contributed by atoms with Crippen molar-refractivity contribution in [3.8, 4) is 0 Å². The second-order valence-electron chi connectivity index (χ2n) is 5.25. The molecule has 0 radical (unpaired) electrons. The van der Waals surface area contributed by atoms with Gasteiger partial charge in [-0.3, -0.25) is 4.79 Å². The fraction of sp³-hybridized carbons (Fsp3) is 0.533. The Morgan fingerprint density at radius 1 is 1.52 bits per heavy atom. The van der Waals surface area contributed by atoms with Crippen LogP contribution in [-0.4, -0.2) is 43.2 Å². The van der Waals surface area contributed by atoms with Crippen molar-refractivity contribution in [2.24, 2.45) is 5.73 Å². The summed E-state index contributed by atoms with van der Waals surface area (Å²) in [4.78, 5) is 14.2. The zero-order valence-electron chi connectivity index (χ0n) is 12.3. The van der Waals surface area contributed by atoms with Crippen LogP contribution in [0.1, 0.15) is 28.8 Å². The molecule has 4 nitrogen and oxygen atoms in total. The minimum Gasteiger partial charge on any atom is -0.381 e. The Balaban J connectivity index is 0.00000220. The molecule has 2 N–H and O–H groups in total. The van der Waals surface area contributed by atoms with Gasteiger partial charge in [-0.2, -0.15) is 0 Å². The van der Waals surface area contributed by atoms with Gasteiger partial charge in [0.1, 0.15) is 5.82 Å². The van der Waals surface area contributed by atoms with Crippen LogP contribution < -0.4 is 5.73 Å². The van der Waals surface area contributed by atoms with Gasteiger partial charge in [0.05, 0.1) is 11.7 Å². The average molecular weight is 317 g/mol. The highest BCUT2D eigenvalue weighted by Crippen LogP contribution is 2.22. The second kappa shape index (κ2) is 7.73. The molecule has 1 heterocycles. The number of hydrogen-bond acceptors (Lipinski definition) is 3. The Bertz CT molecular complexity index is 499. The third kappa shape index (κ3) is 3.93. The maximum absolute atomic E-state index is 13.8. The van der Waals surface area contributed by atoms with Gasteiger partial charge in [0, 0.05) is 26.2 Å². The summed E-state index contributed by atoms with van der Waals surface area (Å²) < 4.78 is 19.2. The third-order valence-corrected chi connectivity index (χ3v) is 3.89. The Labute approximate surface area is 130 Å². The van der Waals surface area contributed by atoms with Crippen LogP contribution in [0.15, 0.2) is 18.2 Å². The number of piperidine rings is 1. The molecular weight excluding hydrogens is 295 g/mol. The van der Waals surface area contributed by atoms with E-state index in [4.69, 9.17) is 10.5 Å². The van der Waals surface area contributed by atoms with Gasteiger partial charge in [0.25, 0.3) is 5.91 Å². The Morgan fingerprint density at radius 2 is 2.24 bits per heavy atom. The molecule has 0 aromatic heterocycles. The molecule has 0 bridgehead atoms. The highest BCUT2D eigenvalue weighted by molar-refractivity contribution is 5.95. The highest BCUT2D eigenvalue weighted by atomic mass is 35.5. The van der Waals surface area contributed by atoms with E-state index in [-0.39, 0.29) is 36.0 Å². The number of nitrogens with zero attached hydrogens (tertiary/aromatic N) is 1. The summed E-state index contributed by atoms with van der Waals surface area (Å²) in [6, 6.07) is 4.49. The van der Waals surface area contributed by atoms with E-state index in [2.05, 4.69) is 0 Å². The molecule has 2 unspecified atom stereocenters. The number of likely N-dealkylation sites (tertiary alicyclic amines) is 1. The number of benzene rings is 1. The summed E-state index contributed by atoms with van der Waals surface area (Å²) in [7, 11) is 1.66. The average Bonchev–Trinajstić information content (AvgIpc) is 2.48. The summed E-state index contributed by atoms with van der Waals surface area (Å²) in [6.07, 6.45) is 1.58. The van der Waals surface area contributed by atoms with Crippen LogP contribution in [0.4, 0.5) is 4.39 Å². The van der Waals surface area contributed by atoms with E-state index in [0.29, 0.717) is 19.5 Å². The third-order valence-electron chi connectivity index (χ3n) is 3.89. The molecule has 1 aromatic rings.